The minimum Gasteiger partial charge on any atom is -0.484 e. The van der Waals surface area contributed by atoms with Crippen molar-refractivity contribution >= 4 is 35.0 Å². The summed E-state index contributed by atoms with van der Waals surface area (Å²) in [5, 5.41) is 11.3. The summed E-state index contributed by atoms with van der Waals surface area (Å²) >= 11 is 12.8. The highest BCUT2D eigenvalue weighted by Crippen LogP contribution is 2.43. The number of cyclic esters (lactones) is 1. The van der Waals surface area contributed by atoms with Crippen LogP contribution in [0.25, 0.3) is 0 Å². The van der Waals surface area contributed by atoms with E-state index in [9.17, 15) is 9.90 Å². The molecule has 2 aromatic carbocycles. The van der Waals surface area contributed by atoms with Crippen molar-refractivity contribution < 1.29 is 19.4 Å². The smallest absolute Gasteiger partial charge is 0.414 e. The number of aliphatic hydroxyl groups is 1. The second-order valence-electron chi connectivity index (χ2n) is 7.96. The first kappa shape index (κ1) is 19.9. The fourth-order valence-corrected chi connectivity index (χ4v) is 5.21. The van der Waals surface area contributed by atoms with Crippen LogP contribution in [0.5, 0.6) is 5.75 Å². The summed E-state index contributed by atoms with van der Waals surface area (Å²) in [6.45, 7) is 2.40. The van der Waals surface area contributed by atoms with E-state index in [1.807, 2.05) is 30.3 Å². The van der Waals surface area contributed by atoms with Crippen LogP contribution in [0.2, 0.25) is 10.0 Å². The van der Waals surface area contributed by atoms with Gasteiger partial charge in [-0.3, -0.25) is 9.80 Å². The molecule has 30 heavy (non-hydrogen) atoms. The van der Waals surface area contributed by atoms with Crippen LogP contribution in [0.4, 0.5) is 10.5 Å². The van der Waals surface area contributed by atoms with E-state index in [0.717, 1.165) is 36.2 Å². The molecule has 1 aliphatic carbocycles. The van der Waals surface area contributed by atoms with Crippen LogP contribution < -0.4 is 9.64 Å². The van der Waals surface area contributed by atoms with Gasteiger partial charge in [0, 0.05) is 34.4 Å². The van der Waals surface area contributed by atoms with Gasteiger partial charge in [0.25, 0.3) is 0 Å². The zero-order valence-corrected chi connectivity index (χ0v) is 17.8. The van der Waals surface area contributed by atoms with Crippen molar-refractivity contribution in [3.05, 3.63) is 57.6 Å². The minimum absolute atomic E-state index is 0.0707. The molecule has 1 unspecified atom stereocenters. The first-order valence-electron chi connectivity index (χ1n) is 10.1. The number of halogens is 2. The molecule has 2 saturated heterocycles. The number of aliphatic hydroxyl groups excluding tert-OH is 1. The number of anilines is 1. The number of benzene rings is 2. The maximum atomic E-state index is 11.8. The third-order valence-electron chi connectivity index (χ3n) is 6.10. The lowest BCUT2D eigenvalue weighted by atomic mass is 10.1. The Balaban J connectivity index is 1.42. The van der Waals surface area contributed by atoms with Gasteiger partial charge in [0.15, 0.2) is 0 Å². The molecule has 3 atom stereocenters. The maximum Gasteiger partial charge on any atom is 0.414 e. The Kier molecular flexibility index (Phi) is 5.27. The molecule has 0 aromatic heterocycles. The number of hydrogen-bond acceptors (Lipinski definition) is 5. The minimum atomic E-state index is -0.328. The van der Waals surface area contributed by atoms with Crippen LogP contribution in [0.15, 0.2) is 36.4 Å². The predicted octanol–water partition coefficient (Wildman–Crippen LogP) is 4.06. The number of fused-ring (bicyclic) bond motifs is 1. The fraction of sp³-hybridized carbons (Fsp3) is 0.409. The summed E-state index contributed by atoms with van der Waals surface area (Å²) in [4.78, 5) is 15.6. The number of carbonyl (C=O) groups excluding carboxylic acids is 1. The molecule has 2 fully saturated rings. The van der Waals surface area contributed by atoms with Crippen molar-refractivity contribution in [2.24, 2.45) is 0 Å². The van der Waals surface area contributed by atoms with Gasteiger partial charge < -0.3 is 14.6 Å². The molecule has 8 heteroatoms. The van der Waals surface area contributed by atoms with Crippen LogP contribution in [-0.2, 0) is 11.2 Å². The second kappa shape index (κ2) is 7.93. The third kappa shape index (κ3) is 3.62. The number of β-amino-alcohol motifs (C(OH)–C–C–N with tert-alkyl or cyclic N) is 1. The van der Waals surface area contributed by atoms with E-state index in [1.54, 1.807) is 11.0 Å². The maximum absolute atomic E-state index is 11.8. The van der Waals surface area contributed by atoms with Crippen molar-refractivity contribution in [3.63, 3.8) is 0 Å². The predicted molar refractivity (Wildman–Crippen MR) is 115 cm³/mol. The lowest BCUT2D eigenvalue weighted by Crippen LogP contribution is -2.39. The SMILES string of the molecule is O=C1OCCN1c1ccc(O[C@H]2c3cc(Cl)cc(Cl)c3C[C@@H]2N2CCC(O)C2)cc1. The monoisotopic (exact) mass is 448 g/mol. The fourth-order valence-electron chi connectivity index (χ4n) is 4.63. The molecule has 2 aliphatic heterocycles. The number of hydrogen-bond donors (Lipinski definition) is 1. The number of amides is 1. The van der Waals surface area contributed by atoms with E-state index in [0.29, 0.717) is 35.5 Å². The Bertz CT molecular complexity index is 968. The highest BCUT2D eigenvalue weighted by Gasteiger charge is 2.41. The van der Waals surface area contributed by atoms with Crippen molar-refractivity contribution in [2.75, 3.05) is 31.1 Å². The van der Waals surface area contributed by atoms with Gasteiger partial charge in [-0.15, -0.1) is 0 Å². The van der Waals surface area contributed by atoms with Gasteiger partial charge in [-0.25, -0.2) is 4.79 Å². The van der Waals surface area contributed by atoms with Gasteiger partial charge in [-0.2, -0.15) is 0 Å². The van der Waals surface area contributed by atoms with Crippen molar-refractivity contribution in [2.45, 2.75) is 31.1 Å². The van der Waals surface area contributed by atoms with Gasteiger partial charge in [-0.05, 0) is 54.8 Å². The molecular weight excluding hydrogens is 427 g/mol. The van der Waals surface area contributed by atoms with Crippen LogP contribution in [0.1, 0.15) is 23.7 Å². The summed E-state index contributed by atoms with van der Waals surface area (Å²) in [5.41, 5.74) is 2.82. The Morgan fingerprint density at radius 2 is 1.93 bits per heavy atom. The molecule has 1 amide bonds. The van der Waals surface area contributed by atoms with Crippen molar-refractivity contribution in [1.29, 1.82) is 0 Å². The number of ether oxygens (including phenoxy) is 2. The third-order valence-corrected chi connectivity index (χ3v) is 6.66. The molecule has 158 valence electrons. The zero-order chi connectivity index (χ0) is 20.8. The number of nitrogens with zero attached hydrogens (tertiary/aromatic N) is 2. The molecule has 2 aromatic rings. The Hall–Kier alpha value is -1.99. The summed E-state index contributed by atoms with van der Waals surface area (Å²) in [5.74, 6) is 0.699. The van der Waals surface area contributed by atoms with Crippen LogP contribution in [0.3, 0.4) is 0 Å². The number of carbonyl (C=O) groups is 1. The number of likely N-dealkylation sites (tertiary alicyclic amines) is 1. The Labute approximate surface area is 184 Å². The van der Waals surface area contributed by atoms with E-state index in [4.69, 9.17) is 32.7 Å². The summed E-state index contributed by atoms with van der Waals surface area (Å²) in [7, 11) is 0. The van der Waals surface area contributed by atoms with Crippen LogP contribution >= 0.6 is 23.2 Å². The standard InChI is InChI=1S/C22H22Cl2N2O4/c23-13-9-18-17(19(24)10-13)11-20(25-6-5-15(27)12-25)21(18)30-16-3-1-14(2-4-16)26-7-8-29-22(26)28/h1-4,9-10,15,20-21,27H,5-8,11-12H2/t15?,20-,21-/m0/s1. The van der Waals surface area contributed by atoms with Crippen LogP contribution in [-0.4, -0.2) is 54.5 Å². The molecule has 2 heterocycles. The lowest BCUT2D eigenvalue weighted by Gasteiger charge is -2.30. The van der Waals surface area contributed by atoms with E-state index < -0.39 is 0 Å². The summed E-state index contributed by atoms with van der Waals surface area (Å²) in [6, 6.07) is 11.2. The second-order valence-corrected chi connectivity index (χ2v) is 8.81. The molecular formula is C22H22Cl2N2O4. The number of rotatable bonds is 4. The van der Waals surface area contributed by atoms with E-state index >= 15 is 0 Å². The van der Waals surface area contributed by atoms with Gasteiger partial charge >= 0.3 is 6.09 Å². The molecule has 5 rings (SSSR count). The van der Waals surface area contributed by atoms with Gasteiger partial charge in [-0.1, -0.05) is 23.2 Å². The summed E-state index contributed by atoms with van der Waals surface area (Å²) < 4.78 is 11.4. The average Bonchev–Trinajstić information content (AvgIpc) is 3.42. The van der Waals surface area contributed by atoms with E-state index in [2.05, 4.69) is 4.90 Å². The zero-order valence-electron chi connectivity index (χ0n) is 16.3. The average molecular weight is 449 g/mol. The van der Waals surface area contributed by atoms with Crippen LogP contribution in [0, 0.1) is 0 Å². The summed E-state index contributed by atoms with van der Waals surface area (Å²) in [6.07, 6.45) is 0.622. The molecule has 3 aliphatic rings. The van der Waals surface area contributed by atoms with Crippen molar-refractivity contribution in [3.8, 4) is 5.75 Å². The molecule has 6 nitrogen and oxygen atoms in total. The Morgan fingerprint density at radius 1 is 1.13 bits per heavy atom. The molecule has 0 bridgehead atoms. The molecule has 0 radical (unpaired) electrons. The molecule has 0 saturated carbocycles. The van der Waals surface area contributed by atoms with E-state index in [1.165, 1.54) is 0 Å². The Morgan fingerprint density at radius 3 is 2.60 bits per heavy atom. The highest BCUT2D eigenvalue weighted by atomic mass is 35.5. The lowest BCUT2D eigenvalue weighted by molar-refractivity contribution is 0.0818. The highest BCUT2D eigenvalue weighted by molar-refractivity contribution is 6.35. The quantitative estimate of drug-likeness (QED) is 0.763. The molecule has 0 spiro atoms. The van der Waals surface area contributed by atoms with Crippen molar-refractivity contribution in [1.82, 2.24) is 4.90 Å². The van der Waals surface area contributed by atoms with E-state index in [-0.39, 0.29) is 24.3 Å². The normalized spacial score (nSPS) is 26.2. The van der Waals surface area contributed by atoms with Gasteiger partial charge in [0.05, 0.1) is 18.7 Å². The first-order valence-corrected chi connectivity index (χ1v) is 10.9. The topological polar surface area (TPSA) is 62.2 Å². The van der Waals surface area contributed by atoms with Gasteiger partial charge in [0.2, 0.25) is 0 Å². The first-order chi connectivity index (χ1) is 14.5. The molecule has 1 N–H and O–H groups in total. The van der Waals surface area contributed by atoms with Gasteiger partial charge in [0.1, 0.15) is 18.5 Å². The largest absolute Gasteiger partial charge is 0.484 e.